The highest BCUT2D eigenvalue weighted by Gasteiger charge is 2.01. The lowest BCUT2D eigenvalue weighted by atomic mass is 10.3. The Hall–Kier alpha value is -1.61. The average Bonchev–Trinajstić information content (AvgIpc) is 2.03. The first-order valence-electron chi connectivity index (χ1n) is 3.35. The molecule has 1 heterocycles. The Morgan fingerprint density at radius 3 is 2.62 bits per heavy atom. The van der Waals surface area contributed by atoms with E-state index < -0.39 is 10.0 Å². The fourth-order valence-corrected chi connectivity index (χ4v) is 1.28. The van der Waals surface area contributed by atoms with Crippen molar-refractivity contribution in [3.8, 4) is 6.07 Å². The summed E-state index contributed by atoms with van der Waals surface area (Å²) in [5.74, 6) is 0. The first-order chi connectivity index (χ1) is 6.01. The van der Waals surface area contributed by atoms with Crippen molar-refractivity contribution in [2.45, 2.75) is 0 Å². The van der Waals surface area contributed by atoms with Crippen molar-refractivity contribution in [2.75, 3.05) is 11.0 Å². The third-order valence-corrected chi connectivity index (χ3v) is 1.79. The van der Waals surface area contributed by atoms with Crippen molar-refractivity contribution in [3.05, 3.63) is 24.0 Å². The first-order valence-corrected chi connectivity index (χ1v) is 5.24. The molecule has 1 N–H and O–H groups in total. The average molecular weight is 197 g/mol. The van der Waals surface area contributed by atoms with Crippen molar-refractivity contribution in [2.24, 2.45) is 0 Å². The second-order valence-corrected chi connectivity index (χ2v) is 4.17. The molecule has 0 radical (unpaired) electrons. The smallest absolute Gasteiger partial charge is 0.229 e. The van der Waals surface area contributed by atoms with Gasteiger partial charge in [-0.15, -0.1) is 0 Å². The van der Waals surface area contributed by atoms with Crippen LogP contribution in [0, 0.1) is 11.3 Å². The molecular weight excluding hydrogens is 190 g/mol. The number of hydrogen-bond acceptors (Lipinski definition) is 4. The van der Waals surface area contributed by atoms with Gasteiger partial charge in [-0.1, -0.05) is 0 Å². The lowest BCUT2D eigenvalue weighted by Gasteiger charge is -2.01. The summed E-state index contributed by atoms with van der Waals surface area (Å²) in [7, 11) is -3.27. The summed E-state index contributed by atoms with van der Waals surface area (Å²) in [6.07, 6.45) is 2.34. The molecule has 0 saturated heterocycles. The zero-order chi connectivity index (χ0) is 9.90. The molecule has 1 rings (SSSR count). The van der Waals surface area contributed by atoms with Crippen molar-refractivity contribution in [3.63, 3.8) is 0 Å². The summed E-state index contributed by atoms with van der Waals surface area (Å²) in [5.41, 5.74) is 0.598. The topological polar surface area (TPSA) is 82.9 Å². The minimum absolute atomic E-state index is 0.249. The summed E-state index contributed by atoms with van der Waals surface area (Å²) in [5, 5.41) is 8.41. The molecule has 0 bridgehead atoms. The van der Waals surface area contributed by atoms with Crippen molar-refractivity contribution < 1.29 is 8.42 Å². The van der Waals surface area contributed by atoms with Gasteiger partial charge in [0.05, 0.1) is 18.1 Å². The largest absolute Gasteiger partial charge is 0.282 e. The van der Waals surface area contributed by atoms with Crippen LogP contribution in [0.3, 0.4) is 0 Å². The maximum atomic E-state index is 10.8. The van der Waals surface area contributed by atoms with Crippen molar-refractivity contribution in [1.82, 2.24) is 4.98 Å². The maximum Gasteiger partial charge on any atom is 0.229 e. The lowest BCUT2D eigenvalue weighted by Crippen LogP contribution is -2.09. The summed E-state index contributed by atoms with van der Waals surface area (Å²) < 4.78 is 23.7. The normalized spacial score (nSPS) is 10.5. The Labute approximate surface area is 76.1 Å². The summed E-state index contributed by atoms with van der Waals surface area (Å²) in [6.45, 7) is 0. The highest BCUT2D eigenvalue weighted by Crippen LogP contribution is 2.06. The van der Waals surface area contributed by atoms with Crippen LogP contribution >= 0.6 is 0 Å². The first kappa shape index (κ1) is 9.48. The fourth-order valence-electron chi connectivity index (χ4n) is 0.734. The third-order valence-electron chi connectivity index (χ3n) is 1.18. The molecule has 1 aromatic rings. The Morgan fingerprint density at radius 2 is 2.23 bits per heavy atom. The molecule has 0 atom stereocenters. The number of aromatic nitrogens is 1. The molecule has 68 valence electrons. The van der Waals surface area contributed by atoms with Gasteiger partial charge in [0.1, 0.15) is 11.8 Å². The second kappa shape index (κ2) is 3.41. The Balaban J connectivity index is 2.89. The van der Waals surface area contributed by atoms with Crippen LogP contribution in [0.5, 0.6) is 0 Å². The summed E-state index contributed by atoms with van der Waals surface area (Å²) in [6, 6.07) is 4.75. The van der Waals surface area contributed by atoms with E-state index >= 15 is 0 Å². The predicted molar refractivity (Wildman–Crippen MR) is 47.4 cm³/mol. The molecule has 0 unspecified atom stereocenters. The molecule has 0 spiro atoms. The van der Waals surface area contributed by atoms with Gasteiger partial charge < -0.3 is 0 Å². The van der Waals surface area contributed by atoms with Gasteiger partial charge >= 0.3 is 0 Å². The van der Waals surface area contributed by atoms with Crippen LogP contribution in [-0.2, 0) is 10.0 Å². The Kier molecular flexibility index (Phi) is 2.49. The third kappa shape index (κ3) is 3.09. The lowest BCUT2D eigenvalue weighted by molar-refractivity contribution is 0.607. The quantitative estimate of drug-likeness (QED) is 0.740. The van der Waals surface area contributed by atoms with Gasteiger partial charge in [0.2, 0.25) is 10.0 Å². The zero-order valence-electron chi connectivity index (χ0n) is 6.85. The van der Waals surface area contributed by atoms with Gasteiger partial charge in [-0.25, -0.2) is 13.4 Å². The molecule has 0 saturated carbocycles. The van der Waals surface area contributed by atoms with Crippen LogP contribution < -0.4 is 4.72 Å². The standard InChI is InChI=1S/C7H7N3O2S/c1-13(11,12)10-7-3-2-6(4-8)9-5-7/h2-3,5,10H,1H3. The van der Waals surface area contributed by atoms with Crippen LogP contribution in [-0.4, -0.2) is 19.7 Å². The number of nitrogens with one attached hydrogen (secondary N) is 1. The van der Waals surface area contributed by atoms with E-state index in [9.17, 15) is 8.42 Å². The molecule has 6 heteroatoms. The molecule has 0 aliphatic heterocycles. The van der Waals surface area contributed by atoms with Gasteiger partial charge in [0.25, 0.3) is 0 Å². The van der Waals surface area contributed by atoms with E-state index in [-0.39, 0.29) is 5.69 Å². The molecule has 13 heavy (non-hydrogen) atoms. The monoisotopic (exact) mass is 197 g/mol. The highest BCUT2D eigenvalue weighted by molar-refractivity contribution is 7.92. The van der Waals surface area contributed by atoms with Crippen LogP contribution in [0.4, 0.5) is 5.69 Å². The van der Waals surface area contributed by atoms with E-state index in [1.807, 2.05) is 6.07 Å². The molecule has 1 aromatic heterocycles. The number of nitrogens with zero attached hydrogens (tertiary/aromatic N) is 2. The van der Waals surface area contributed by atoms with Crippen molar-refractivity contribution in [1.29, 1.82) is 5.26 Å². The molecular formula is C7H7N3O2S. The zero-order valence-corrected chi connectivity index (χ0v) is 7.67. The van der Waals surface area contributed by atoms with Gasteiger partial charge in [-0.05, 0) is 12.1 Å². The van der Waals surface area contributed by atoms with Crippen LogP contribution in [0.1, 0.15) is 5.69 Å². The number of anilines is 1. The number of sulfonamides is 1. The van der Waals surface area contributed by atoms with Gasteiger partial charge in [-0.2, -0.15) is 5.26 Å². The van der Waals surface area contributed by atoms with Gasteiger partial charge in [0.15, 0.2) is 0 Å². The van der Waals surface area contributed by atoms with E-state index in [1.54, 1.807) is 0 Å². The Bertz CT molecular complexity index is 430. The van der Waals surface area contributed by atoms with E-state index in [2.05, 4.69) is 9.71 Å². The predicted octanol–water partition coefficient (Wildman–Crippen LogP) is 0.325. The SMILES string of the molecule is CS(=O)(=O)Nc1ccc(C#N)nc1. The van der Waals surface area contributed by atoms with E-state index in [4.69, 9.17) is 5.26 Å². The van der Waals surface area contributed by atoms with Gasteiger partial charge in [-0.3, -0.25) is 4.72 Å². The molecule has 0 fully saturated rings. The molecule has 0 amide bonds. The Morgan fingerprint density at radius 1 is 1.54 bits per heavy atom. The van der Waals surface area contributed by atoms with Crippen molar-refractivity contribution >= 4 is 15.7 Å². The number of hydrogen-bond donors (Lipinski definition) is 1. The number of nitriles is 1. The van der Waals surface area contributed by atoms with Crippen LogP contribution in [0.25, 0.3) is 0 Å². The fraction of sp³-hybridized carbons (Fsp3) is 0.143. The summed E-state index contributed by atoms with van der Waals surface area (Å²) >= 11 is 0. The second-order valence-electron chi connectivity index (χ2n) is 2.42. The van der Waals surface area contributed by atoms with Crippen LogP contribution in [0.2, 0.25) is 0 Å². The summed E-state index contributed by atoms with van der Waals surface area (Å²) in [4.78, 5) is 3.69. The minimum atomic E-state index is -3.27. The van der Waals surface area contributed by atoms with Gasteiger partial charge in [0, 0.05) is 0 Å². The number of rotatable bonds is 2. The minimum Gasteiger partial charge on any atom is -0.282 e. The maximum absolute atomic E-state index is 10.8. The van der Waals surface area contributed by atoms with E-state index in [0.717, 1.165) is 6.26 Å². The highest BCUT2D eigenvalue weighted by atomic mass is 32.2. The number of pyridine rings is 1. The molecule has 0 aliphatic rings. The van der Waals surface area contributed by atoms with E-state index in [0.29, 0.717) is 5.69 Å². The van der Waals surface area contributed by atoms with E-state index in [1.165, 1.54) is 18.3 Å². The van der Waals surface area contributed by atoms with Crippen LogP contribution in [0.15, 0.2) is 18.3 Å². The molecule has 0 aromatic carbocycles. The molecule has 0 aliphatic carbocycles. The molecule has 5 nitrogen and oxygen atoms in total.